The lowest BCUT2D eigenvalue weighted by Gasteiger charge is -2.36. The zero-order chi connectivity index (χ0) is 15.4. The van der Waals surface area contributed by atoms with Crippen molar-refractivity contribution >= 4 is 11.7 Å². The molecule has 1 atom stereocenters. The minimum atomic E-state index is -0.00708. The fourth-order valence-electron chi connectivity index (χ4n) is 3.01. The number of rotatable bonds is 2. The number of carbonyl (C=O) groups is 1. The molecule has 1 aromatic rings. The highest BCUT2D eigenvalue weighted by Crippen LogP contribution is 2.23. The van der Waals surface area contributed by atoms with Gasteiger partial charge in [0.2, 0.25) is 5.91 Å². The molecule has 0 bridgehead atoms. The molecule has 2 aliphatic heterocycles. The Morgan fingerprint density at radius 3 is 2.91 bits per heavy atom. The van der Waals surface area contributed by atoms with Crippen molar-refractivity contribution in [1.82, 2.24) is 14.9 Å². The van der Waals surface area contributed by atoms with Gasteiger partial charge >= 0.3 is 0 Å². The summed E-state index contributed by atoms with van der Waals surface area (Å²) in [6.07, 6.45) is 3.26. The molecule has 116 valence electrons. The molecule has 7 heteroatoms. The molecule has 1 aromatic heterocycles. The summed E-state index contributed by atoms with van der Waals surface area (Å²) in [7, 11) is 0. The molecule has 0 unspecified atom stereocenters. The van der Waals surface area contributed by atoms with Crippen LogP contribution < -0.4 is 4.90 Å². The summed E-state index contributed by atoms with van der Waals surface area (Å²) < 4.78 is 5.30. The van der Waals surface area contributed by atoms with Gasteiger partial charge in [-0.3, -0.25) is 4.79 Å². The smallest absolute Gasteiger partial charge is 0.227 e. The predicted octanol–water partition coefficient (Wildman–Crippen LogP) is 0.423. The summed E-state index contributed by atoms with van der Waals surface area (Å²) in [6, 6.07) is 3.71. The lowest BCUT2D eigenvalue weighted by Crippen LogP contribution is -2.48. The molecular formula is C15H19N5O2. The van der Waals surface area contributed by atoms with E-state index < -0.39 is 0 Å². The van der Waals surface area contributed by atoms with Gasteiger partial charge in [-0.2, -0.15) is 5.26 Å². The Morgan fingerprint density at radius 1 is 1.32 bits per heavy atom. The largest absolute Gasteiger partial charge is 0.378 e. The number of anilines is 1. The second-order valence-electron chi connectivity index (χ2n) is 5.60. The number of amides is 1. The number of aromatic nitrogens is 2. The summed E-state index contributed by atoms with van der Waals surface area (Å²) in [5, 5.41) is 8.94. The van der Waals surface area contributed by atoms with Crippen molar-refractivity contribution in [2.45, 2.75) is 12.8 Å². The topological polar surface area (TPSA) is 82.4 Å². The van der Waals surface area contributed by atoms with Crippen molar-refractivity contribution in [2.24, 2.45) is 5.92 Å². The van der Waals surface area contributed by atoms with Crippen molar-refractivity contribution in [2.75, 3.05) is 44.3 Å². The maximum absolute atomic E-state index is 12.6. The van der Waals surface area contributed by atoms with E-state index in [0.717, 1.165) is 25.2 Å². The number of morpholine rings is 1. The zero-order valence-electron chi connectivity index (χ0n) is 12.4. The van der Waals surface area contributed by atoms with Gasteiger partial charge in [-0.1, -0.05) is 0 Å². The fourth-order valence-corrected chi connectivity index (χ4v) is 3.01. The minimum absolute atomic E-state index is 0.00708. The van der Waals surface area contributed by atoms with Gasteiger partial charge in [0.05, 0.1) is 19.1 Å². The first-order valence-electron chi connectivity index (χ1n) is 7.61. The van der Waals surface area contributed by atoms with Crippen LogP contribution in [0.4, 0.5) is 5.82 Å². The van der Waals surface area contributed by atoms with Crippen LogP contribution in [-0.4, -0.2) is 60.2 Å². The van der Waals surface area contributed by atoms with Crippen LogP contribution in [-0.2, 0) is 9.53 Å². The van der Waals surface area contributed by atoms with E-state index in [2.05, 4.69) is 14.9 Å². The van der Waals surface area contributed by atoms with Crippen molar-refractivity contribution in [3.63, 3.8) is 0 Å². The average molecular weight is 301 g/mol. The van der Waals surface area contributed by atoms with Gasteiger partial charge in [0, 0.05) is 32.2 Å². The third-order valence-electron chi connectivity index (χ3n) is 4.18. The van der Waals surface area contributed by atoms with Gasteiger partial charge in [0.15, 0.2) is 0 Å². The zero-order valence-corrected chi connectivity index (χ0v) is 12.4. The van der Waals surface area contributed by atoms with E-state index in [1.807, 2.05) is 11.0 Å². The summed E-state index contributed by atoms with van der Waals surface area (Å²) in [5.41, 5.74) is 0.353. The monoisotopic (exact) mass is 301 g/mol. The summed E-state index contributed by atoms with van der Waals surface area (Å²) >= 11 is 0. The van der Waals surface area contributed by atoms with E-state index in [-0.39, 0.29) is 11.8 Å². The number of nitrogens with zero attached hydrogens (tertiary/aromatic N) is 5. The predicted molar refractivity (Wildman–Crippen MR) is 79.1 cm³/mol. The van der Waals surface area contributed by atoms with Crippen LogP contribution in [0.15, 0.2) is 12.4 Å². The van der Waals surface area contributed by atoms with Gasteiger partial charge in [-0.05, 0) is 12.8 Å². The molecular weight excluding hydrogens is 282 g/mol. The fraction of sp³-hybridized carbons (Fsp3) is 0.600. The Bertz CT molecular complexity index is 580. The number of ether oxygens (including phenoxy) is 1. The van der Waals surface area contributed by atoms with Crippen LogP contribution in [0.5, 0.6) is 0 Å². The molecule has 22 heavy (non-hydrogen) atoms. The van der Waals surface area contributed by atoms with Gasteiger partial charge in [0.25, 0.3) is 0 Å². The second-order valence-corrected chi connectivity index (χ2v) is 5.60. The summed E-state index contributed by atoms with van der Waals surface area (Å²) in [6.45, 7) is 4.12. The van der Waals surface area contributed by atoms with Gasteiger partial charge in [-0.15, -0.1) is 0 Å². The minimum Gasteiger partial charge on any atom is -0.378 e. The number of hydrogen-bond acceptors (Lipinski definition) is 6. The summed E-state index contributed by atoms with van der Waals surface area (Å²) in [5.74, 6) is 0.931. The van der Waals surface area contributed by atoms with Crippen molar-refractivity contribution < 1.29 is 9.53 Å². The van der Waals surface area contributed by atoms with Crippen LogP contribution in [0.25, 0.3) is 0 Å². The number of carbonyl (C=O) groups excluding carboxylic acids is 1. The van der Waals surface area contributed by atoms with Crippen molar-refractivity contribution in [3.05, 3.63) is 18.1 Å². The highest BCUT2D eigenvalue weighted by molar-refractivity contribution is 5.79. The van der Waals surface area contributed by atoms with E-state index in [1.165, 1.54) is 6.33 Å². The van der Waals surface area contributed by atoms with Crippen molar-refractivity contribution in [3.8, 4) is 6.07 Å². The molecule has 0 aliphatic carbocycles. The van der Waals surface area contributed by atoms with Crippen LogP contribution in [0.1, 0.15) is 18.5 Å². The Hall–Kier alpha value is -2.20. The van der Waals surface area contributed by atoms with Crippen LogP contribution in [0, 0.1) is 17.2 Å². The van der Waals surface area contributed by atoms with E-state index in [1.54, 1.807) is 6.07 Å². The van der Waals surface area contributed by atoms with Crippen LogP contribution >= 0.6 is 0 Å². The van der Waals surface area contributed by atoms with E-state index in [0.29, 0.717) is 38.5 Å². The molecule has 2 fully saturated rings. The summed E-state index contributed by atoms with van der Waals surface area (Å²) in [4.78, 5) is 24.7. The third-order valence-corrected chi connectivity index (χ3v) is 4.18. The number of hydrogen-bond donors (Lipinski definition) is 0. The van der Waals surface area contributed by atoms with E-state index in [4.69, 9.17) is 10.00 Å². The molecule has 3 rings (SSSR count). The van der Waals surface area contributed by atoms with Crippen LogP contribution in [0.3, 0.4) is 0 Å². The van der Waals surface area contributed by atoms with E-state index in [9.17, 15) is 4.79 Å². The third kappa shape index (κ3) is 3.17. The molecule has 2 aliphatic rings. The van der Waals surface area contributed by atoms with Crippen LogP contribution in [0.2, 0.25) is 0 Å². The van der Waals surface area contributed by atoms with E-state index >= 15 is 0 Å². The maximum atomic E-state index is 12.6. The molecule has 0 spiro atoms. The molecule has 2 saturated heterocycles. The Morgan fingerprint density at radius 2 is 2.14 bits per heavy atom. The molecule has 0 saturated carbocycles. The average Bonchev–Trinajstić information content (AvgIpc) is 2.62. The molecule has 0 radical (unpaired) electrons. The molecule has 7 nitrogen and oxygen atoms in total. The highest BCUT2D eigenvalue weighted by atomic mass is 16.5. The first-order valence-corrected chi connectivity index (χ1v) is 7.61. The first-order chi connectivity index (χ1) is 10.8. The normalized spacial score (nSPS) is 22.2. The standard InChI is InChI=1S/C15H19N5O2/c16-9-13-8-14(18-11-17-13)20-3-1-2-12(10-20)15(21)19-4-6-22-7-5-19/h8,11-12H,1-7,10H2/t12-/m1/s1. The first kappa shape index (κ1) is 14.7. The Labute approximate surface area is 129 Å². The number of piperidine rings is 1. The van der Waals surface area contributed by atoms with Gasteiger partial charge in [0.1, 0.15) is 23.9 Å². The molecule has 0 N–H and O–H groups in total. The molecule has 0 aromatic carbocycles. The molecule has 1 amide bonds. The molecule has 3 heterocycles. The Balaban J connectivity index is 1.68. The van der Waals surface area contributed by atoms with Gasteiger partial charge < -0.3 is 14.5 Å². The Kier molecular flexibility index (Phi) is 4.49. The van der Waals surface area contributed by atoms with Crippen molar-refractivity contribution in [1.29, 1.82) is 5.26 Å². The lowest BCUT2D eigenvalue weighted by atomic mass is 9.96. The maximum Gasteiger partial charge on any atom is 0.227 e. The highest BCUT2D eigenvalue weighted by Gasteiger charge is 2.30. The number of nitriles is 1. The van der Waals surface area contributed by atoms with Gasteiger partial charge in [-0.25, -0.2) is 9.97 Å². The quantitative estimate of drug-likeness (QED) is 0.787. The second kappa shape index (κ2) is 6.71. The lowest BCUT2D eigenvalue weighted by molar-refractivity contribution is -0.139. The SMILES string of the molecule is N#Cc1cc(N2CCC[C@@H](C(=O)N3CCOCC3)C2)ncn1.